The van der Waals surface area contributed by atoms with Gasteiger partial charge in [0, 0.05) is 23.6 Å². The molecule has 21 heavy (non-hydrogen) atoms. The van der Waals surface area contributed by atoms with E-state index in [2.05, 4.69) is 29.6 Å². The van der Waals surface area contributed by atoms with Crippen molar-refractivity contribution >= 4 is 0 Å². The van der Waals surface area contributed by atoms with Crippen molar-refractivity contribution < 1.29 is 0 Å². The molecule has 1 saturated carbocycles. The van der Waals surface area contributed by atoms with Gasteiger partial charge in [-0.1, -0.05) is 24.3 Å². The first-order chi connectivity index (χ1) is 10.4. The van der Waals surface area contributed by atoms with Crippen LogP contribution < -0.4 is 5.32 Å². The quantitative estimate of drug-likeness (QED) is 0.641. The van der Waals surface area contributed by atoms with Crippen molar-refractivity contribution in [3.8, 4) is 0 Å². The van der Waals surface area contributed by atoms with E-state index in [-0.39, 0.29) is 0 Å². The second-order valence-electron chi connectivity index (χ2n) is 7.96. The average molecular weight is 281 g/mol. The van der Waals surface area contributed by atoms with Gasteiger partial charge < -0.3 is 5.32 Å². The van der Waals surface area contributed by atoms with E-state index >= 15 is 0 Å². The summed E-state index contributed by atoms with van der Waals surface area (Å²) in [4.78, 5) is 0. The minimum atomic E-state index is 0.757. The molecule has 0 radical (unpaired) electrons. The van der Waals surface area contributed by atoms with Crippen molar-refractivity contribution in [2.45, 2.75) is 57.4 Å². The Hall–Kier alpha value is -0.980. The van der Waals surface area contributed by atoms with Gasteiger partial charge in [0.1, 0.15) is 0 Å². The van der Waals surface area contributed by atoms with Crippen LogP contribution in [0.2, 0.25) is 0 Å². The Morgan fingerprint density at radius 2 is 1.71 bits per heavy atom. The molecule has 0 aromatic heterocycles. The summed E-state index contributed by atoms with van der Waals surface area (Å²) in [5.74, 6) is 4.36. The zero-order valence-electron chi connectivity index (χ0n) is 12.9. The molecule has 0 amide bonds. The molecule has 6 atom stereocenters. The summed E-state index contributed by atoms with van der Waals surface area (Å²) in [7, 11) is 0. The molecule has 0 aromatic carbocycles. The molecule has 5 rings (SSSR count). The Morgan fingerprint density at radius 1 is 0.857 bits per heavy atom. The van der Waals surface area contributed by atoms with Crippen molar-refractivity contribution in [3.63, 3.8) is 0 Å². The van der Waals surface area contributed by atoms with E-state index in [1.54, 1.807) is 5.70 Å². The molecule has 0 spiro atoms. The van der Waals surface area contributed by atoms with Gasteiger partial charge in [0.15, 0.2) is 0 Å². The lowest BCUT2D eigenvalue weighted by atomic mass is 9.60. The van der Waals surface area contributed by atoms with Crippen molar-refractivity contribution in [2.24, 2.45) is 29.6 Å². The molecule has 6 unspecified atom stereocenters. The van der Waals surface area contributed by atoms with Gasteiger partial charge in [-0.25, -0.2) is 0 Å². The SMILES string of the molecule is C1=CC2C3=C(CCC2CC1)NC1CCC2CCC=CC2C31. The van der Waals surface area contributed by atoms with Gasteiger partial charge in [0.05, 0.1) is 0 Å². The largest absolute Gasteiger partial charge is 0.385 e. The van der Waals surface area contributed by atoms with Crippen LogP contribution in [0.5, 0.6) is 0 Å². The normalized spacial score (nSPS) is 47.2. The van der Waals surface area contributed by atoms with Gasteiger partial charge in [-0.15, -0.1) is 0 Å². The molecule has 112 valence electrons. The van der Waals surface area contributed by atoms with Crippen LogP contribution in [0.1, 0.15) is 51.4 Å². The maximum Gasteiger partial charge on any atom is 0.0330 e. The van der Waals surface area contributed by atoms with Crippen LogP contribution in [0.4, 0.5) is 0 Å². The average Bonchev–Trinajstić information content (AvgIpc) is 2.94. The topological polar surface area (TPSA) is 12.0 Å². The van der Waals surface area contributed by atoms with Gasteiger partial charge in [-0.2, -0.15) is 0 Å². The van der Waals surface area contributed by atoms with E-state index in [0.29, 0.717) is 0 Å². The summed E-state index contributed by atoms with van der Waals surface area (Å²) in [6.45, 7) is 0. The first kappa shape index (κ1) is 12.6. The van der Waals surface area contributed by atoms with E-state index in [1.807, 2.05) is 5.57 Å². The van der Waals surface area contributed by atoms with E-state index in [9.17, 15) is 0 Å². The van der Waals surface area contributed by atoms with E-state index in [0.717, 1.165) is 35.6 Å². The summed E-state index contributed by atoms with van der Waals surface area (Å²) in [5.41, 5.74) is 3.52. The lowest BCUT2D eigenvalue weighted by Gasteiger charge is -2.44. The first-order valence-electron chi connectivity index (χ1n) is 9.24. The van der Waals surface area contributed by atoms with E-state index in [4.69, 9.17) is 0 Å². The fourth-order valence-electron chi connectivity index (χ4n) is 6.14. The number of fused-ring (bicyclic) bond motifs is 6. The second kappa shape index (κ2) is 4.76. The molecule has 1 aliphatic heterocycles. The van der Waals surface area contributed by atoms with Gasteiger partial charge >= 0.3 is 0 Å². The summed E-state index contributed by atoms with van der Waals surface area (Å²) < 4.78 is 0. The van der Waals surface area contributed by atoms with Crippen molar-refractivity contribution in [1.82, 2.24) is 5.32 Å². The monoisotopic (exact) mass is 281 g/mol. The first-order valence-corrected chi connectivity index (χ1v) is 9.24. The van der Waals surface area contributed by atoms with Crippen LogP contribution >= 0.6 is 0 Å². The summed E-state index contributed by atoms with van der Waals surface area (Å²) in [5, 5.41) is 3.97. The Balaban J connectivity index is 1.56. The van der Waals surface area contributed by atoms with Gasteiger partial charge in [-0.05, 0) is 74.7 Å². The molecule has 0 saturated heterocycles. The molecule has 1 heteroatoms. The Morgan fingerprint density at radius 3 is 2.67 bits per heavy atom. The lowest BCUT2D eigenvalue weighted by Crippen LogP contribution is -2.42. The van der Waals surface area contributed by atoms with Crippen LogP contribution in [0.15, 0.2) is 35.6 Å². The highest BCUT2D eigenvalue weighted by atomic mass is 15.0. The number of nitrogens with one attached hydrogen (secondary N) is 1. The molecule has 1 nitrogen and oxygen atoms in total. The third kappa shape index (κ3) is 1.82. The Bertz CT molecular complexity index is 526. The number of rotatable bonds is 0. The summed E-state index contributed by atoms with van der Waals surface area (Å²) >= 11 is 0. The molecule has 1 N–H and O–H groups in total. The molecule has 0 aromatic rings. The maximum atomic E-state index is 3.97. The predicted molar refractivity (Wildman–Crippen MR) is 86.6 cm³/mol. The molecular formula is C20H27N. The standard InChI is InChI=1S/C20H27N/c1-3-7-15-13(5-1)9-11-17-19(15)20-16-8-4-2-6-14(16)10-12-18(20)21-17/h3-4,7-8,13-17,19,21H,1-2,5-6,9-12H2. The zero-order chi connectivity index (χ0) is 13.8. The van der Waals surface area contributed by atoms with Gasteiger partial charge in [0.25, 0.3) is 0 Å². The van der Waals surface area contributed by atoms with Crippen LogP contribution in [-0.2, 0) is 0 Å². The third-order valence-electron chi connectivity index (χ3n) is 7.05. The smallest absolute Gasteiger partial charge is 0.0330 e. The second-order valence-corrected chi connectivity index (χ2v) is 7.96. The van der Waals surface area contributed by atoms with Crippen LogP contribution in [0.3, 0.4) is 0 Å². The fourth-order valence-corrected chi connectivity index (χ4v) is 6.14. The third-order valence-corrected chi connectivity index (χ3v) is 7.05. The molecular weight excluding hydrogens is 254 g/mol. The van der Waals surface area contributed by atoms with Crippen LogP contribution in [0.25, 0.3) is 0 Å². The minimum absolute atomic E-state index is 0.757. The molecule has 4 aliphatic carbocycles. The van der Waals surface area contributed by atoms with Gasteiger partial charge in [-0.3, -0.25) is 0 Å². The van der Waals surface area contributed by atoms with Crippen molar-refractivity contribution in [3.05, 3.63) is 35.6 Å². The van der Waals surface area contributed by atoms with Gasteiger partial charge in [0.2, 0.25) is 0 Å². The number of hydrogen-bond acceptors (Lipinski definition) is 1. The number of hydrogen-bond donors (Lipinski definition) is 1. The molecule has 5 aliphatic rings. The molecule has 1 fully saturated rings. The fraction of sp³-hybridized carbons (Fsp3) is 0.700. The molecule has 0 bridgehead atoms. The van der Waals surface area contributed by atoms with Crippen molar-refractivity contribution in [2.75, 3.05) is 0 Å². The Kier molecular flexibility index (Phi) is 2.85. The highest BCUT2D eigenvalue weighted by Gasteiger charge is 2.49. The Labute approximate surface area is 128 Å². The zero-order valence-corrected chi connectivity index (χ0v) is 12.9. The molecule has 1 heterocycles. The van der Waals surface area contributed by atoms with Crippen LogP contribution in [0, 0.1) is 29.6 Å². The minimum Gasteiger partial charge on any atom is -0.385 e. The summed E-state index contributed by atoms with van der Waals surface area (Å²) in [6.07, 6.45) is 21.2. The number of allylic oxidation sites excluding steroid dienone is 5. The van der Waals surface area contributed by atoms with E-state index in [1.165, 1.54) is 51.4 Å². The highest BCUT2D eigenvalue weighted by Crippen LogP contribution is 2.54. The van der Waals surface area contributed by atoms with Crippen LogP contribution in [-0.4, -0.2) is 6.04 Å². The lowest BCUT2D eigenvalue weighted by molar-refractivity contribution is 0.167. The predicted octanol–water partition coefficient (Wildman–Crippen LogP) is 4.58. The summed E-state index contributed by atoms with van der Waals surface area (Å²) in [6, 6.07) is 0.757. The maximum absolute atomic E-state index is 3.97. The van der Waals surface area contributed by atoms with E-state index < -0.39 is 0 Å². The highest BCUT2D eigenvalue weighted by molar-refractivity contribution is 5.36. The van der Waals surface area contributed by atoms with Crippen molar-refractivity contribution in [1.29, 1.82) is 0 Å².